The first-order valence-electron chi connectivity index (χ1n) is 10.0. The Balaban J connectivity index is 1.62. The predicted molar refractivity (Wildman–Crippen MR) is 107 cm³/mol. The van der Waals surface area contributed by atoms with Gasteiger partial charge in [-0.2, -0.15) is 0 Å². The van der Waals surface area contributed by atoms with Crippen LogP contribution in [0.1, 0.15) is 38.2 Å². The second-order valence-electron chi connectivity index (χ2n) is 7.17. The Bertz CT molecular complexity index is 650. The molecule has 2 aliphatic rings. The van der Waals surface area contributed by atoms with Gasteiger partial charge in [0, 0.05) is 38.9 Å². The molecule has 3 rings (SSSR count). The number of methoxy groups -OCH3 is 1. The van der Waals surface area contributed by atoms with Crippen LogP contribution in [0, 0.1) is 5.92 Å². The topological polar surface area (TPSA) is 70.1 Å². The zero-order valence-electron chi connectivity index (χ0n) is 16.5. The largest absolute Gasteiger partial charge is 0.469 e. The van der Waals surface area contributed by atoms with Crippen molar-refractivity contribution in [3.05, 3.63) is 23.9 Å². The molecule has 1 N–H and O–H groups in total. The van der Waals surface area contributed by atoms with Gasteiger partial charge in [0.1, 0.15) is 5.82 Å². The fourth-order valence-corrected chi connectivity index (χ4v) is 3.76. The number of pyridine rings is 1. The monoisotopic (exact) mass is 373 g/mol. The number of esters is 1. The SMILES string of the molecule is CCNC(=NCc1ccnc(N2CCCC2)c1)N1CCC(C(=O)OC)CC1. The highest BCUT2D eigenvalue weighted by molar-refractivity contribution is 5.80. The third-order valence-electron chi connectivity index (χ3n) is 5.32. The number of rotatable bonds is 5. The van der Waals surface area contributed by atoms with Gasteiger partial charge in [-0.05, 0) is 50.3 Å². The number of carbonyl (C=O) groups excluding carboxylic acids is 1. The molecule has 1 aromatic heterocycles. The van der Waals surface area contributed by atoms with Gasteiger partial charge in [0.15, 0.2) is 5.96 Å². The van der Waals surface area contributed by atoms with Gasteiger partial charge in [0.05, 0.1) is 19.6 Å². The number of piperidine rings is 1. The molecule has 27 heavy (non-hydrogen) atoms. The summed E-state index contributed by atoms with van der Waals surface area (Å²) in [5.41, 5.74) is 1.17. The minimum Gasteiger partial charge on any atom is -0.469 e. The molecule has 0 bridgehead atoms. The van der Waals surface area contributed by atoms with Crippen molar-refractivity contribution in [2.45, 2.75) is 39.2 Å². The first kappa shape index (κ1) is 19.5. The number of hydrogen-bond donors (Lipinski definition) is 1. The van der Waals surface area contributed by atoms with Crippen molar-refractivity contribution in [3.63, 3.8) is 0 Å². The number of ether oxygens (including phenoxy) is 1. The summed E-state index contributed by atoms with van der Waals surface area (Å²) in [5, 5.41) is 3.38. The van der Waals surface area contributed by atoms with E-state index in [1.165, 1.54) is 25.5 Å². The molecule has 2 saturated heterocycles. The quantitative estimate of drug-likeness (QED) is 0.484. The molecule has 0 aromatic carbocycles. The van der Waals surface area contributed by atoms with Gasteiger partial charge in [0.2, 0.25) is 0 Å². The molecule has 0 saturated carbocycles. The maximum atomic E-state index is 11.7. The number of nitrogens with zero attached hydrogens (tertiary/aromatic N) is 4. The van der Waals surface area contributed by atoms with Crippen molar-refractivity contribution >= 4 is 17.7 Å². The lowest BCUT2D eigenvalue weighted by atomic mass is 9.97. The first-order valence-corrected chi connectivity index (χ1v) is 10.0. The van der Waals surface area contributed by atoms with Gasteiger partial charge in [-0.3, -0.25) is 4.79 Å². The summed E-state index contributed by atoms with van der Waals surface area (Å²) in [6.45, 7) is 7.36. The average molecular weight is 374 g/mol. The minimum absolute atomic E-state index is 0.0114. The molecule has 0 radical (unpaired) electrons. The Kier molecular flexibility index (Phi) is 6.90. The summed E-state index contributed by atoms with van der Waals surface area (Å²) in [6.07, 6.45) is 6.00. The van der Waals surface area contributed by atoms with Crippen LogP contribution in [0.4, 0.5) is 5.82 Å². The highest BCUT2D eigenvalue weighted by atomic mass is 16.5. The Morgan fingerprint density at radius 1 is 1.30 bits per heavy atom. The van der Waals surface area contributed by atoms with Crippen LogP contribution < -0.4 is 10.2 Å². The molecule has 0 aliphatic carbocycles. The van der Waals surface area contributed by atoms with E-state index in [0.29, 0.717) is 6.54 Å². The second kappa shape index (κ2) is 9.58. The first-order chi connectivity index (χ1) is 13.2. The van der Waals surface area contributed by atoms with E-state index in [1.54, 1.807) is 0 Å². The van der Waals surface area contributed by atoms with E-state index in [0.717, 1.165) is 57.3 Å². The van der Waals surface area contributed by atoms with Crippen LogP contribution in [0.15, 0.2) is 23.3 Å². The van der Waals surface area contributed by atoms with Crippen LogP contribution >= 0.6 is 0 Å². The minimum atomic E-state index is -0.0946. The van der Waals surface area contributed by atoms with Crippen molar-refractivity contribution in [1.29, 1.82) is 0 Å². The van der Waals surface area contributed by atoms with Crippen LogP contribution in [0.2, 0.25) is 0 Å². The summed E-state index contributed by atoms with van der Waals surface area (Å²) in [7, 11) is 1.46. The van der Waals surface area contributed by atoms with E-state index in [9.17, 15) is 4.79 Å². The Morgan fingerprint density at radius 2 is 2.04 bits per heavy atom. The fourth-order valence-electron chi connectivity index (χ4n) is 3.76. The number of hydrogen-bond acceptors (Lipinski definition) is 5. The number of aromatic nitrogens is 1. The smallest absolute Gasteiger partial charge is 0.308 e. The number of nitrogens with one attached hydrogen (secondary N) is 1. The van der Waals surface area contributed by atoms with Gasteiger partial charge < -0.3 is 19.9 Å². The second-order valence-corrected chi connectivity index (χ2v) is 7.17. The molecular weight excluding hydrogens is 342 g/mol. The lowest BCUT2D eigenvalue weighted by Crippen LogP contribution is -2.46. The molecule has 2 aliphatic heterocycles. The maximum absolute atomic E-state index is 11.7. The fraction of sp³-hybridized carbons (Fsp3) is 0.650. The third kappa shape index (κ3) is 5.11. The molecule has 2 fully saturated rings. The number of likely N-dealkylation sites (tertiary alicyclic amines) is 1. The van der Waals surface area contributed by atoms with Crippen molar-refractivity contribution in [3.8, 4) is 0 Å². The zero-order valence-corrected chi connectivity index (χ0v) is 16.5. The third-order valence-corrected chi connectivity index (χ3v) is 5.32. The molecule has 7 heteroatoms. The van der Waals surface area contributed by atoms with Gasteiger partial charge in [-0.25, -0.2) is 9.98 Å². The summed E-state index contributed by atoms with van der Waals surface area (Å²) in [5.74, 6) is 1.89. The lowest BCUT2D eigenvalue weighted by Gasteiger charge is -2.33. The summed E-state index contributed by atoms with van der Waals surface area (Å²) < 4.78 is 4.88. The Morgan fingerprint density at radius 3 is 2.70 bits per heavy atom. The van der Waals surface area contributed by atoms with Crippen molar-refractivity contribution in [1.82, 2.24) is 15.2 Å². The van der Waals surface area contributed by atoms with Crippen molar-refractivity contribution in [2.24, 2.45) is 10.9 Å². The van der Waals surface area contributed by atoms with Gasteiger partial charge in [-0.15, -0.1) is 0 Å². The normalized spacial score (nSPS) is 18.7. The number of aliphatic imine (C=N–C) groups is 1. The van der Waals surface area contributed by atoms with Crippen molar-refractivity contribution in [2.75, 3.05) is 44.7 Å². The van der Waals surface area contributed by atoms with Gasteiger partial charge >= 0.3 is 5.97 Å². The Labute approximate surface area is 161 Å². The van der Waals surface area contributed by atoms with E-state index in [4.69, 9.17) is 9.73 Å². The molecule has 0 spiro atoms. The van der Waals surface area contributed by atoms with E-state index in [-0.39, 0.29) is 11.9 Å². The highest BCUT2D eigenvalue weighted by Gasteiger charge is 2.27. The molecule has 0 unspecified atom stereocenters. The molecule has 1 aromatic rings. The average Bonchev–Trinajstić information content (AvgIpc) is 3.26. The molecule has 7 nitrogen and oxygen atoms in total. The summed E-state index contributed by atoms with van der Waals surface area (Å²) in [6, 6.07) is 4.19. The molecular formula is C20H31N5O2. The summed E-state index contributed by atoms with van der Waals surface area (Å²) >= 11 is 0. The standard InChI is InChI=1S/C20H31N5O2/c1-3-21-20(25-12-7-17(8-13-25)19(26)27-2)23-15-16-6-9-22-18(14-16)24-10-4-5-11-24/h6,9,14,17H,3-5,7-8,10-13,15H2,1-2H3,(H,21,23). The van der Waals surface area contributed by atoms with Crippen LogP contribution in [0.25, 0.3) is 0 Å². The lowest BCUT2D eigenvalue weighted by molar-refractivity contribution is -0.146. The zero-order chi connectivity index (χ0) is 19.1. The van der Waals surface area contributed by atoms with Crippen molar-refractivity contribution < 1.29 is 9.53 Å². The Hall–Kier alpha value is -2.31. The predicted octanol–water partition coefficient (Wildman–Crippen LogP) is 2.03. The van der Waals surface area contributed by atoms with E-state index >= 15 is 0 Å². The number of anilines is 1. The van der Waals surface area contributed by atoms with Crippen LogP contribution in [0.3, 0.4) is 0 Å². The number of guanidine groups is 1. The van der Waals surface area contributed by atoms with E-state index in [2.05, 4.69) is 33.1 Å². The highest BCUT2D eigenvalue weighted by Crippen LogP contribution is 2.20. The molecule has 3 heterocycles. The van der Waals surface area contributed by atoms with E-state index < -0.39 is 0 Å². The van der Waals surface area contributed by atoms with E-state index in [1.807, 2.05) is 12.3 Å². The van der Waals surface area contributed by atoms with Gasteiger partial charge in [-0.1, -0.05) is 0 Å². The number of carbonyl (C=O) groups is 1. The molecule has 0 atom stereocenters. The van der Waals surface area contributed by atoms with Crippen LogP contribution in [-0.4, -0.2) is 61.6 Å². The van der Waals surface area contributed by atoms with Gasteiger partial charge in [0.25, 0.3) is 0 Å². The van der Waals surface area contributed by atoms with Crippen LogP contribution in [-0.2, 0) is 16.1 Å². The summed E-state index contributed by atoms with van der Waals surface area (Å²) in [4.78, 5) is 25.7. The molecule has 148 valence electrons. The van der Waals surface area contributed by atoms with Crippen LogP contribution in [0.5, 0.6) is 0 Å². The maximum Gasteiger partial charge on any atom is 0.308 e. The molecule has 0 amide bonds.